The minimum absolute atomic E-state index is 0.371. The van der Waals surface area contributed by atoms with Crippen molar-refractivity contribution in [3.8, 4) is 0 Å². The van der Waals surface area contributed by atoms with Crippen molar-refractivity contribution in [3.63, 3.8) is 0 Å². The molecule has 0 aromatic heterocycles. The van der Waals surface area contributed by atoms with E-state index < -0.39 is 18.6 Å². The molecule has 0 aliphatic carbocycles. The molecule has 1 rings (SSSR count). The predicted molar refractivity (Wildman–Crippen MR) is 66.7 cm³/mol. The zero-order valence-corrected chi connectivity index (χ0v) is 10.8. The van der Waals surface area contributed by atoms with Crippen molar-refractivity contribution in [2.75, 3.05) is 18.4 Å². The summed E-state index contributed by atoms with van der Waals surface area (Å²) in [5, 5.41) is 4.55. The normalized spacial score (nSPS) is 11.3. The van der Waals surface area contributed by atoms with Gasteiger partial charge in [0.2, 0.25) is 5.91 Å². The van der Waals surface area contributed by atoms with Gasteiger partial charge in [0.1, 0.15) is 0 Å². The van der Waals surface area contributed by atoms with Gasteiger partial charge in [-0.2, -0.15) is 13.2 Å². The molecule has 1 aromatic carbocycles. The van der Waals surface area contributed by atoms with Gasteiger partial charge in [-0.3, -0.25) is 4.79 Å². The molecule has 17 heavy (non-hydrogen) atoms. The second-order valence-electron chi connectivity index (χ2n) is 3.25. The molecule has 0 bridgehead atoms. The Morgan fingerprint density at radius 3 is 2.53 bits per heavy atom. The van der Waals surface area contributed by atoms with Crippen LogP contribution in [0, 0.1) is 3.57 Å². The summed E-state index contributed by atoms with van der Waals surface area (Å²) in [6.45, 7) is -1.54. The van der Waals surface area contributed by atoms with Crippen molar-refractivity contribution in [1.29, 1.82) is 0 Å². The second kappa shape index (κ2) is 6.20. The van der Waals surface area contributed by atoms with Crippen LogP contribution in [0.1, 0.15) is 0 Å². The van der Waals surface area contributed by atoms with Gasteiger partial charge in [-0.15, -0.1) is 0 Å². The van der Waals surface area contributed by atoms with Crippen LogP contribution >= 0.6 is 22.6 Å². The predicted octanol–water partition coefficient (Wildman–Crippen LogP) is 2.38. The van der Waals surface area contributed by atoms with Crippen molar-refractivity contribution in [3.05, 3.63) is 27.8 Å². The Labute approximate surface area is 110 Å². The highest BCUT2D eigenvalue weighted by molar-refractivity contribution is 14.1. The van der Waals surface area contributed by atoms with Gasteiger partial charge in [-0.05, 0) is 34.7 Å². The number of amides is 1. The Balaban J connectivity index is 2.38. The second-order valence-corrected chi connectivity index (χ2v) is 4.41. The minimum Gasteiger partial charge on any atom is -0.324 e. The fourth-order valence-electron chi connectivity index (χ4n) is 1.07. The lowest BCUT2D eigenvalue weighted by molar-refractivity contribution is -0.126. The standard InChI is InChI=1S/C10H10F3IN2O/c11-10(12,13)6-15-5-9(17)16-8-4-2-1-3-7(8)14/h1-4,15H,5-6H2,(H,16,17). The minimum atomic E-state index is -4.30. The third kappa shape index (κ3) is 5.87. The summed E-state index contributed by atoms with van der Waals surface area (Å²) in [6.07, 6.45) is -4.30. The molecule has 0 saturated carbocycles. The number of benzene rings is 1. The smallest absolute Gasteiger partial charge is 0.324 e. The third-order valence-electron chi connectivity index (χ3n) is 1.76. The SMILES string of the molecule is O=C(CNCC(F)(F)F)Nc1ccccc1I. The van der Waals surface area contributed by atoms with Gasteiger partial charge in [0.15, 0.2) is 0 Å². The highest BCUT2D eigenvalue weighted by atomic mass is 127. The molecule has 0 radical (unpaired) electrons. The average Bonchev–Trinajstić information content (AvgIpc) is 2.19. The highest BCUT2D eigenvalue weighted by Crippen LogP contribution is 2.16. The summed E-state index contributed by atoms with van der Waals surface area (Å²) < 4.78 is 36.2. The summed E-state index contributed by atoms with van der Waals surface area (Å²) in [7, 11) is 0. The molecular weight excluding hydrogens is 348 g/mol. The molecule has 0 aliphatic heterocycles. The maximum atomic E-state index is 11.8. The molecule has 0 fully saturated rings. The number of carbonyl (C=O) groups excluding carboxylic acids is 1. The maximum Gasteiger partial charge on any atom is 0.401 e. The summed E-state index contributed by atoms with van der Waals surface area (Å²) in [4.78, 5) is 11.3. The van der Waals surface area contributed by atoms with Crippen molar-refractivity contribution in [2.45, 2.75) is 6.18 Å². The molecule has 0 saturated heterocycles. The lowest BCUT2D eigenvalue weighted by atomic mass is 10.3. The van der Waals surface area contributed by atoms with Crippen molar-refractivity contribution >= 4 is 34.2 Å². The van der Waals surface area contributed by atoms with Crippen LogP contribution < -0.4 is 10.6 Å². The van der Waals surface area contributed by atoms with Crippen LogP contribution in [-0.2, 0) is 4.79 Å². The zero-order valence-electron chi connectivity index (χ0n) is 8.64. The average molecular weight is 358 g/mol. The first-order valence-electron chi connectivity index (χ1n) is 4.70. The van der Waals surface area contributed by atoms with E-state index >= 15 is 0 Å². The third-order valence-corrected chi connectivity index (χ3v) is 2.70. The van der Waals surface area contributed by atoms with Crippen LogP contribution in [0.15, 0.2) is 24.3 Å². The first-order valence-corrected chi connectivity index (χ1v) is 5.78. The first-order chi connectivity index (χ1) is 7.88. The number of anilines is 1. The van der Waals surface area contributed by atoms with Crippen molar-refractivity contribution in [1.82, 2.24) is 5.32 Å². The molecule has 2 N–H and O–H groups in total. The van der Waals surface area contributed by atoms with Gasteiger partial charge in [0.25, 0.3) is 0 Å². The number of carbonyl (C=O) groups is 1. The topological polar surface area (TPSA) is 41.1 Å². The molecule has 0 unspecified atom stereocenters. The summed E-state index contributed by atoms with van der Waals surface area (Å²) in [5.41, 5.74) is 0.590. The van der Waals surface area contributed by atoms with Crippen molar-refractivity contribution < 1.29 is 18.0 Å². The molecule has 3 nitrogen and oxygen atoms in total. The number of hydrogen-bond donors (Lipinski definition) is 2. The molecule has 0 heterocycles. The van der Waals surface area contributed by atoms with E-state index in [1.807, 2.05) is 27.9 Å². The molecule has 94 valence electrons. The first kappa shape index (κ1) is 14.2. The van der Waals surface area contributed by atoms with Crippen LogP contribution in [0.5, 0.6) is 0 Å². The van der Waals surface area contributed by atoms with Gasteiger partial charge in [0.05, 0.1) is 18.8 Å². The van der Waals surface area contributed by atoms with E-state index in [0.29, 0.717) is 5.69 Å². The van der Waals surface area contributed by atoms with Crippen LogP contribution in [0.4, 0.5) is 18.9 Å². The van der Waals surface area contributed by atoms with Gasteiger partial charge >= 0.3 is 6.18 Å². The molecular formula is C10H10F3IN2O. The van der Waals surface area contributed by atoms with Gasteiger partial charge in [0, 0.05) is 3.57 Å². The Kier molecular flexibility index (Phi) is 5.19. The van der Waals surface area contributed by atoms with E-state index in [0.717, 1.165) is 3.57 Å². The molecule has 1 aromatic rings. The highest BCUT2D eigenvalue weighted by Gasteiger charge is 2.26. The van der Waals surface area contributed by atoms with E-state index in [1.54, 1.807) is 24.3 Å². The number of halogens is 4. The van der Waals surface area contributed by atoms with E-state index in [-0.39, 0.29) is 6.54 Å². The summed E-state index contributed by atoms with van der Waals surface area (Å²) in [5.74, 6) is -0.502. The Bertz CT molecular complexity index is 395. The molecule has 0 atom stereocenters. The number of hydrogen-bond acceptors (Lipinski definition) is 2. The van der Waals surface area contributed by atoms with E-state index in [9.17, 15) is 18.0 Å². The van der Waals surface area contributed by atoms with Crippen LogP contribution in [0.2, 0.25) is 0 Å². The monoisotopic (exact) mass is 358 g/mol. The number of nitrogens with one attached hydrogen (secondary N) is 2. The maximum absolute atomic E-state index is 11.8. The van der Waals surface area contributed by atoms with E-state index in [4.69, 9.17) is 0 Å². The van der Waals surface area contributed by atoms with E-state index in [1.165, 1.54) is 0 Å². The Morgan fingerprint density at radius 1 is 1.29 bits per heavy atom. The van der Waals surface area contributed by atoms with Crippen LogP contribution in [0.3, 0.4) is 0 Å². The Hall–Kier alpha value is -0.830. The zero-order chi connectivity index (χ0) is 12.9. The van der Waals surface area contributed by atoms with Crippen molar-refractivity contribution in [2.24, 2.45) is 0 Å². The molecule has 0 spiro atoms. The van der Waals surface area contributed by atoms with Gasteiger partial charge in [-0.1, -0.05) is 12.1 Å². The largest absolute Gasteiger partial charge is 0.401 e. The lowest BCUT2D eigenvalue weighted by Crippen LogP contribution is -2.35. The fraction of sp³-hybridized carbons (Fsp3) is 0.300. The van der Waals surface area contributed by atoms with E-state index in [2.05, 4.69) is 5.32 Å². The van der Waals surface area contributed by atoms with Crippen LogP contribution in [-0.4, -0.2) is 25.2 Å². The fourth-order valence-corrected chi connectivity index (χ4v) is 1.60. The number of alkyl halides is 3. The summed E-state index contributed by atoms with van der Waals surface area (Å²) >= 11 is 2.03. The quantitative estimate of drug-likeness (QED) is 0.812. The molecule has 1 amide bonds. The van der Waals surface area contributed by atoms with Gasteiger partial charge in [-0.25, -0.2) is 0 Å². The summed E-state index contributed by atoms with van der Waals surface area (Å²) in [6, 6.07) is 7.02. The number of rotatable bonds is 4. The van der Waals surface area contributed by atoms with Crippen LogP contribution in [0.25, 0.3) is 0 Å². The van der Waals surface area contributed by atoms with Gasteiger partial charge < -0.3 is 10.6 Å². The number of para-hydroxylation sites is 1. The molecule has 0 aliphatic rings. The lowest BCUT2D eigenvalue weighted by Gasteiger charge is -2.09. The Morgan fingerprint density at radius 2 is 1.94 bits per heavy atom. The molecule has 7 heteroatoms.